The molecule has 0 fully saturated rings. The molecule has 0 aliphatic rings. The molecule has 1 aromatic heterocycles. The number of imidazole rings is 1. The van der Waals surface area contributed by atoms with Gasteiger partial charge in [-0.15, -0.1) is 0 Å². The van der Waals surface area contributed by atoms with E-state index in [1.165, 1.54) is 12.1 Å². The number of nitrogens with one attached hydrogen (secondary N) is 1. The summed E-state index contributed by atoms with van der Waals surface area (Å²) in [7, 11) is 1.89. The van der Waals surface area contributed by atoms with Crippen LogP contribution in [0.4, 0.5) is 4.39 Å². The highest BCUT2D eigenvalue weighted by atomic mass is 19.1. The molecular weight excluding hydrogens is 369 g/mol. The minimum absolute atomic E-state index is 0.160. The third kappa shape index (κ3) is 5.43. The first kappa shape index (κ1) is 21.0. The van der Waals surface area contributed by atoms with Crippen LogP contribution in [0, 0.1) is 5.82 Å². The number of aromatic nitrogens is 2. The van der Waals surface area contributed by atoms with Gasteiger partial charge < -0.3 is 19.7 Å². The van der Waals surface area contributed by atoms with Gasteiger partial charge in [-0.3, -0.25) is 0 Å². The van der Waals surface area contributed by atoms with Crippen LogP contribution in [0.25, 0.3) is 0 Å². The van der Waals surface area contributed by atoms with Gasteiger partial charge in [-0.1, -0.05) is 44.2 Å². The van der Waals surface area contributed by atoms with Crippen LogP contribution in [0.15, 0.2) is 60.9 Å². The van der Waals surface area contributed by atoms with Crippen molar-refractivity contribution >= 4 is 0 Å². The summed E-state index contributed by atoms with van der Waals surface area (Å²) in [6.45, 7) is 4.65. The summed E-state index contributed by atoms with van der Waals surface area (Å²) in [6.07, 6.45) is 2.81. The summed E-state index contributed by atoms with van der Waals surface area (Å²) in [5.74, 6) is 1.56. The lowest BCUT2D eigenvalue weighted by atomic mass is 10.0. The Balaban J connectivity index is 1.66. The third-order valence-corrected chi connectivity index (χ3v) is 4.83. The van der Waals surface area contributed by atoms with Crippen LogP contribution in [-0.4, -0.2) is 33.9 Å². The van der Waals surface area contributed by atoms with E-state index in [4.69, 9.17) is 4.74 Å². The number of benzene rings is 2. The van der Waals surface area contributed by atoms with Crippen molar-refractivity contribution in [3.63, 3.8) is 0 Å². The van der Waals surface area contributed by atoms with Crippen molar-refractivity contribution in [1.29, 1.82) is 0 Å². The molecule has 29 heavy (non-hydrogen) atoms. The van der Waals surface area contributed by atoms with E-state index in [1.807, 2.05) is 48.1 Å². The highest BCUT2D eigenvalue weighted by molar-refractivity contribution is 5.35. The SMILES string of the molecule is CC(C)c1ccccc1OCC(O)CNC(c1cccc(F)c1)c1nccn1C. The minimum atomic E-state index is -0.730. The number of halogens is 1. The molecule has 0 saturated carbocycles. The number of aryl methyl sites for hydroxylation is 1. The zero-order valence-corrected chi connectivity index (χ0v) is 17.0. The molecule has 2 N–H and O–H groups in total. The topological polar surface area (TPSA) is 59.3 Å². The standard InChI is InChI=1S/C23H28FN3O2/c1-16(2)20-9-4-5-10-21(20)29-15-19(28)14-26-22(23-25-11-12-27(23)3)17-7-6-8-18(24)13-17/h4-13,16,19,22,26,28H,14-15H2,1-3H3. The van der Waals surface area contributed by atoms with Crippen LogP contribution < -0.4 is 10.1 Å². The van der Waals surface area contributed by atoms with E-state index in [-0.39, 0.29) is 25.0 Å². The van der Waals surface area contributed by atoms with E-state index in [0.717, 1.165) is 22.7 Å². The molecule has 3 aromatic rings. The molecule has 0 aliphatic heterocycles. The largest absolute Gasteiger partial charge is 0.491 e. The Kier molecular flexibility index (Phi) is 7.01. The van der Waals surface area contributed by atoms with Crippen LogP contribution in [0.1, 0.15) is 42.8 Å². The second kappa shape index (κ2) is 9.67. The van der Waals surface area contributed by atoms with Crippen molar-refractivity contribution < 1.29 is 14.2 Å². The first-order chi connectivity index (χ1) is 14.0. The summed E-state index contributed by atoms with van der Waals surface area (Å²) in [5.41, 5.74) is 1.86. The van der Waals surface area contributed by atoms with Crippen molar-refractivity contribution in [2.45, 2.75) is 31.9 Å². The van der Waals surface area contributed by atoms with Crippen molar-refractivity contribution in [3.05, 3.63) is 83.7 Å². The fourth-order valence-corrected chi connectivity index (χ4v) is 3.29. The third-order valence-electron chi connectivity index (χ3n) is 4.83. The normalized spacial score (nSPS) is 13.4. The Labute approximate surface area is 171 Å². The maximum Gasteiger partial charge on any atom is 0.130 e. The van der Waals surface area contributed by atoms with Gasteiger partial charge in [-0.05, 0) is 35.2 Å². The van der Waals surface area contributed by atoms with Gasteiger partial charge in [-0.25, -0.2) is 9.37 Å². The Morgan fingerprint density at radius 2 is 1.97 bits per heavy atom. The summed E-state index contributed by atoms with van der Waals surface area (Å²) in [5, 5.41) is 13.8. The molecule has 2 aromatic carbocycles. The van der Waals surface area contributed by atoms with E-state index in [2.05, 4.69) is 24.1 Å². The molecular formula is C23H28FN3O2. The highest BCUT2D eigenvalue weighted by Crippen LogP contribution is 2.26. The van der Waals surface area contributed by atoms with Crippen molar-refractivity contribution in [2.24, 2.45) is 7.05 Å². The minimum Gasteiger partial charge on any atom is -0.491 e. The molecule has 1 heterocycles. The number of aliphatic hydroxyl groups is 1. The van der Waals surface area contributed by atoms with Crippen LogP contribution in [-0.2, 0) is 7.05 Å². The molecule has 0 saturated heterocycles. The van der Waals surface area contributed by atoms with Gasteiger partial charge in [0.25, 0.3) is 0 Å². The molecule has 2 atom stereocenters. The maximum atomic E-state index is 13.8. The van der Waals surface area contributed by atoms with E-state index >= 15 is 0 Å². The molecule has 154 valence electrons. The van der Waals surface area contributed by atoms with E-state index in [0.29, 0.717) is 5.92 Å². The zero-order valence-electron chi connectivity index (χ0n) is 17.0. The monoisotopic (exact) mass is 397 g/mol. The van der Waals surface area contributed by atoms with Crippen molar-refractivity contribution in [3.8, 4) is 5.75 Å². The van der Waals surface area contributed by atoms with E-state index in [9.17, 15) is 9.50 Å². The molecule has 0 aliphatic carbocycles. The fourth-order valence-electron chi connectivity index (χ4n) is 3.29. The zero-order chi connectivity index (χ0) is 20.8. The molecule has 2 unspecified atom stereocenters. The number of nitrogens with zero attached hydrogens (tertiary/aromatic N) is 2. The number of hydrogen-bond donors (Lipinski definition) is 2. The Morgan fingerprint density at radius 1 is 1.17 bits per heavy atom. The fraction of sp³-hybridized carbons (Fsp3) is 0.348. The van der Waals surface area contributed by atoms with Gasteiger partial charge >= 0.3 is 0 Å². The second-order valence-corrected chi connectivity index (χ2v) is 7.45. The number of hydrogen-bond acceptors (Lipinski definition) is 4. The van der Waals surface area contributed by atoms with Crippen LogP contribution in [0.3, 0.4) is 0 Å². The maximum absolute atomic E-state index is 13.8. The van der Waals surface area contributed by atoms with Gasteiger partial charge in [-0.2, -0.15) is 0 Å². The number of ether oxygens (including phenoxy) is 1. The van der Waals surface area contributed by atoms with Crippen molar-refractivity contribution in [2.75, 3.05) is 13.2 Å². The first-order valence-electron chi connectivity index (χ1n) is 9.81. The quantitative estimate of drug-likeness (QED) is 0.577. The lowest BCUT2D eigenvalue weighted by molar-refractivity contribution is 0.104. The predicted molar refractivity (Wildman–Crippen MR) is 111 cm³/mol. The molecule has 3 rings (SSSR count). The lowest BCUT2D eigenvalue weighted by Crippen LogP contribution is -2.35. The van der Waals surface area contributed by atoms with E-state index < -0.39 is 6.10 Å². The molecule has 5 nitrogen and oxygen atoms in total. The second-order valence-electron chi connectivity index (χ2n) is 7.45. The van der Waals surface area contributed by atoms with Gasteiger partial charge in [0, 0.05) is 26.0 Å². The van der Waals surface area contributed by atoms with Crippen LogP contribution in [0.5, 0.6) is 5.75 Å². The average molecular weight is 397 g/mol. The van der Waals surface area contributed by atoms with Gasteiger partial charge in [0.1, 0.15) is 30.1 Å². The Bertz CT molecular complexity index is 926. The van der Waals surface area contributed by atoms with Gasteiger partial charge in [0.2, 0.25) is 0 Å². The summed E-state index contributed by atoms with van der Waals surface area (Å²) < 4.78 is 21.5. The average Bonchev–Trinajstić information content (AvgIpc) is 3.12. The number of para-hydroxylation sites is 1. The first-order valence-corrected chi connectivity index (χ1v) is 9.81. The molecule has 0 bridgehead atoms. The number of aliphatic hydroxyl groups excluding tert-OH is 1. The smallest absolute Gasteiger partial charge is 0.130 e. The summed E-state index contributed by atoms with van der Waals surface area (Å²) >= 11 is 0. The lowest BCUT2D eigenvalue weighted by Gasteiger charge is -2.22. The van der Waals surface area contributed by atoms with Crippen LogP contribution >= 0.6 is 0 Å². The molecule has 0 amide bonds. The molecule has 0 radical (unpaired) electrons. The van der Waals surface area contributed by atoms with Crippen molar-refractivity contribution in [1.82, 2.24) is 14.9 Å². The van der Waals surface area contributed by atoms with E-state index in [1.54, 1.807) is 12.3 Å². The number of rotatable bonds is 9. The van der Waals surface area contributed by atoms with Crippen LogP contribution in [0.2, 0.25) is 0 Å². The van der Waals surface area contributed by atoms with Gasteiger partial charge in [0.05, 0.1) is 6.04 Å². The summed E-state index contributed by atoms with van der Waals surface area (Å²) in [6, 6.07) is 13.9. The molecule has 6 heteroatoms. The molecule has 0 spiro atoms. The Hall–Kier alpha value is -2.70. The van der Waals surface area contributed by atoms with Gasteiger partial charge in [0.15, 0.2) is 0 Å². The highest BCUT2D eigenvalue weighted by Gasteiger charge is 2.20. The summed E-state index contributed by atoms with van der Waals surface area (Å²) in [4.78, 5) is 4.39. The Morgan fingerprint density at radius 3 is 2.66 bits per heavy atom. The predicted octanol–water partition coefficient (Wildman–Crippen LogP) is 3.80.